The first kappa shape index (κ1) is 12.4. The third-order valence-electron chi connectivity index (χ3n) is 3.69. The molecule has 0 fully saturated rings. The first-order valence-electron chi connectivity index (χ1n) is 6.67. The van der Waals surface area contributed by atoms with Crippen LogP contribution in [0.5, 0.6) is 0 Å². The first-order valence-corrected chi connectivity index (χ1v) is 7.07. The van der Waals surface area contributed by atoms with Gasteiger partial charge in [0.15, 0.2) is 4.77 Å². The zero-order chi connectivity index (χ0) is 13.4. The zero-order valence-electron chi connectivity index (χ0n) is 11.2. The molecule has 1 unspecified atom stereocenters. The highest BCUT2D eigenvalue weighted by Gasteiger charge is 2.11. The summed E-state index contributed by atoms with van der Waals surface area (Å²) >= 11 is 5.46. The average molecular weight is 271 g/mol. The second kappa shape index (κ2) is 4.78. The van der Waals surface area contributed by atoms with Gasteiger partial charge in [-0.15, -0.1) is 0 Å². The molecule has 0 bridgehead atoms. The van der Waals surface area contributed by atoms with E-state index in [0.29, 0.717) is 5.92 Å². The summed E-state index contributed by atoms with van der Waals surface area (Å²) < 4.78 is 3.00. The number of nitrogens with zero attached hydrogens (tertiary/aromatic N) is 2. The molecule has 3 nitrogen and oxygen atoms in total. The molecule has 0 aliphatic rings. The second-order valence-corrected chi connectivity index (χ2v) is 5.48. The van der Waals surface area contributed by atoms with Crippen LogP contribution in [0.15, 0.2) is 30.5 Å². The molecule has 0 spiro atoms. The van der Waals surface area contributed by atoms with Crippen LogP contribution >= 0.6 is 12.2 Å². The van der Waals surface area contributed by atoms with E-state index in [4.69, 9.17) is 12.2 Å². The molecule has 0 radical (unpaired) electrons. The summed E-state index contributed by atoms with van der Waals surface area (Å²) in [5, 5.41) is 1.16. The standard InChI is InChI=1S/C15H17N3S/c1-3-10(2)9-18-14-11-6-4-5-7-12(11)16-8-13(14)17-15(18)19/h4-8,10H,3,9H2,1-2H3,(H,17,19). The number of aromatic amines is 1. The highest BCUT2D eigenvalue weighted by Crippen LogP contribution is 2.24. The molecule has 98 valence electrons. The van der Waals surface area contributed by atoms with E-state index in [-0.39, 0.29) is 0 Å². The van der Waals surface area contributed by atoms with Crippen LogP contribution in [0.2, 0.25) is 0 Å². The Morgan fingerprint density at radius 3 is 2.95 bits per heavy atom. The Kier molecular flexibility index (Phi) is 3.11. The van der Waals surface area contributed by atoms with Gasteiger partial charge in [0.2, 0.25) is 0 Å². The molecule has 1 aromatic carbocycles. The van der Waals surface area contributed by atoms with Crippen LogP contribution in [0.1, 0.15) is 20.3 Å². The lowest BCUT2D eigenvalue weighted by atomic mass is 10.1. The van der Waals surface area contributed by atoms with Crippen molar-refractivity contribution in [3.8, 4) is 0 Å². The van der Waals surface area contributed by atoms with Gasteiger partial charge in [0.1, 0.15) is 0 Å². The van der Waals surface area contributed by atoms with Crippen LogP contribution in [-0.2, 0) is 6.54 Å². The molecule has 0 aliphatic heterocycles. The van der Waals surface area contributed by atoms with Gasteiger partial charge in [0.25, 0.3) is 0 Å². The van der Waals surface area contributed by atoms with Crippen LogP contribution < -0.4 is 0 Å². The maximum absolute atomic E-state index is 5.46. The maximum Gasteiger partial charge on any atom is 0.178 e. The monoisotopic (exact) mass is 271 g/mol. The van der Waals surface area contributed by atoms with Crippen LogP contribution in [-0.4, -0.2) is 14.5 Å². The Bertz CT molecular complexity index is 785. The Balaban J connectivity index is 2.33. The zero-order valence-corrected chi connectivity index (χ0v) is 12.0. The molecular weight excluding hydrogens is 254 g/mol. The van der Waals surface area contributed by atoms with Crippen molar-refractivity contribution in [2.75, 3.05) is 0 Å². The molecule has 0 saturated heterocycles. The lowest BCUT2D eigenvalue weighted by molar-refractivity contribution is 0.473. The van der Waals surface area contributed by atoms with E-state index in [1.54, 1.807) is 0 Å². The van der Waals surface area contributed by atoms with Gasteiger partial charge in [0.05, 0.1) is 22.7 Å². The SMILES string of the molecule is CCC(C)Cn1c(=S)[nH]c2cnc3ccccc3c21. The number of imidazole rings is 1. The number of fused-ring (bicyclic) bond motifs is 3. The van der Waals surface area contributed by atoms with Crippen LogP contribution in [0, 0.1) is 10.7 Å². The molecule has 0 saturated carbocycles. The number of hydrogen-bond donors (Lipinski definition) is 1. The molecular formula is C15H17N3S. The van der Waals surface area contributed by atoms with Gasteiger partial charge in [-0.05, 0) is 24.2 Å². The number of benzene rings is 1. The summed E-state index contributed by atoms with van der Waals surface area (Å²) in [6, 6.07) is 8.22. The maximum atomic E-state index is 5.46. The number of aromatic nitrogens is 3. The summed E-state index contributed by atoms with van der Waals surface area (Å²) in [7, 11) is 0. The van der Waals surface area contributed by atoms with Crippen molar-refractivity contribution in [2.24, 2.45) is 5.92 Å². The lowest BCUT2D eigenvalue weighted by Crippen LogP contribution is -2.06. The van der Waals surface area contributed by atoms with Crippen molar-refractivity contribution < 1.29 is 0 Å². The molecule has 3 aromatic rings. The smallest absolute Gasteiger partial charge is 0.178 e. The van der Waals surface area contributed by atoms with Gasteiger partial charge in [-0.1, -0.05) is 38.5 Å². The predicted octanol–water partition coefficient (Wildman–Crippen LogP) is 4.29. The predicted molar refractivity (Wildman–Crippen MR) is 81.9 cm³/mol. The molecule has 2 heterocycles. The number of H-pyrrole nitrogens is 1. The Hall–Kier alpha value is -1.68. The van der Waals surface area contributed by atoms with E-state index in [0.717, 1.165) is 34.2 Å². The summed E-state index contributed by atoms with van der Waals surface area (Å²) in [6.07, 6.45) is 3.03. The fourth-order valence-electron chi connectivity index (χ4n) is 2.41. The molecule has 0 amide bonds. The number of hydrogen-bond acceptors (Lipinski definition) is 2. The Labute approximate surface area is 117 Å². The lowest BCUT2D eigenvalue weighted by Gasteiger charge is -2.11. The summed E-state index contributed by atoms with van der Waals surface area (Å²) in [4.78, 5) is 7.74. The number of rotatable bonds is 3. The molecule has 2 aromatic heterocycles. The first-order chi connectivity index (χ1) is 9.20. The number of nitrogens with one attached hydrogen (secondary N) is 1. The van der Waals surface area contributed by atoms with Gasteiger partial charge in [-0.2, -0.15) is 0 Å². The van der Waals surface area contributed by atoms with Crippen molar-refractivity contribution in [3.63, 3.8) is 0 Å². The summed E-state index contributed by atoms with van der Waals surface area (Å²) in [5.74, 6) is 0.609. The second-order valence-electron chi connectivity index (χ2n) is 5.09. The largest absolute Gasteiger partial charge is 0.329 e. The quantitative estimate of drug-likeness (QED) is 0.721. The minimum Gasteiger partial charge on any atom is -0.329 e. The van der Waals surface area contributed by atoms with E-state index in [1.165, 1.54) is 5.52 Å². The number of pyridine rings is 1. The molecule has 1 atom stereocenters. The minimum absolute atomic E-state index is 0.609. The van der Waals surface area contributed by atoms with Gasteiger partial charge in [-0.3, -0.25) is 4.98 Å². The molecule has 3 rings (SSSR count). The van der Waals surface area contributed by atoms with Crippen molar-refractivity contribution in [2.45, 2.75) is 26.8 Å². The van der Waals surface area contributed by atoms with E-state index in [1.807, 2.05) is 24.4 Å². The van der Waals surface area contributed by atoms with Gasteiger partial charge in [0, 0.05) is 11.9 Å². The van der Waals surface area contributed by atoms with E-state index in [2.05, 4.69) is 34.4 Å². The van der Waals surface area contributed by atoms with E-state index >= 15 is 0 Å². The minimum atomic E-state index is 0.609. The normalized spacial score (nSPS) is 13.2. The highest BCUT2D eigenvalue weighted by molar-refractivity contribution is 7.71. The molecule has 4 heteroatoms. The third-order valence-corrected chi connectivity index (χ3v) is 4.02. The summed E-state index contributed by atoms with van der Waals surface area (Å²) in [5.41, 5.74) is 3.21. The third kappa shape index (κ3) is 2.06. The van der Waals surface area contributed by atoms with Crippen molar-refractivity contribution in [3.05, 3.63) is 35.2 Å². The van der Waals surface area contributed by atoms with Crippen LogP contribution in [0.3, 0.4) is 0 Å². The van der Waals surface area contributed by atoms with Crippen LogP contribution in [0.4, 0.5) is 0 Å². The van der Waals surface area contributed by atoms with E-state index in [9.17, 15) is 0 Å². The van der Waals surface area contributed by atoms with Crippen molar-refractivity contribution >= 4 is 34.2 Å². The number of para-hydroxylation sites is 1. The summed E-state index contributed by atoms with van der Waals surface area (Å²) in [6.45, 7) is 5.41. The highest BCUT2D eigenvalue weighted by atomic mass is 32.1. The van der Waals surface area contributed by atoms with Crippen LogP contribution in [0.25, 0.3) is 21.9 Å². The Morgan fingerprint density at radius 1 is 1.37 bits per heavy atom. The van der Waals surface area contributed by atoms with Crippen molar-refractivity contribution in [1.82, 2.24) is 14.5 Å². The van der Waals surface area contributed by atoms with Gasteiger partial charge in [-0.25, -0.2) is 0 Å². The van der Waals surface area contributed by atoms with E-state index < -0.39 is 0 Å². The van der Waals surface area contributed by atoms with Gasteiger partial charge >= 0.3 is 0 Å². The van der Waals surface area contributed by atoms with Gasteiger partial charge < -0.3 is 9.55 Å². The van der Waals surface area contributed by atoms with Crippen molar-refractivity contribution in [1.29, 1.82) is 0 Å². The molecule has 1 N–H and O–H groups in total. The Morgan fingerprint density at radius 2 is 2.16 bits per heavy atom. The molecule has 0 aliphatic carbocycles. The fraction of sp³-hybridized carbons (Fsp3) is 0.333. The fourth-order valence-corrected chi connectivity index (χ4v) is 2.68. The topological polar surface area (TPSA) is 33.6 Å². The average Bonchev–Trinajstić information content (AvgIpc) is 2.75. The molecule has 19 heavy (non-hydrogen) atoms.